The summed E-state index contributed by atoms with van der Waals surface area (Å²) in [5.74, 6) is 0.178. The molecule has 1 heterocycles. The molecule has 1 unspecified atom stereocenters. The molecule has 1 amide bonds. The van der Waals surface area contributed by atoms with Gasteiger partial charge in [0.2, 0.25) is 5.91 Å². The first-order chi connectivity index (χ1) is 7.70. The van der Waals surface area contributed by atoms with Crippen molar-refractivity contribution in [3.05, 3.63) is 0 Å². The largest absolute Gasteiger partial charge is 0.341 e. The molecule has 1 aliphatic heterocycles. The minimum Gasteiger partial charge on any atom is -0.341 e. The molecule has 1 atom stereocenters. The first-order valence-corrected chi connectivity index (χ1v) is 6.10. The Balaban J connectivity index is 2.53. The van der Waals surface area contributed by atoms with Gasteiger partial charge in [-0.2, -0.15) is 5.26 Å². The summed E-state index contributed by atoms with van der Waals surface area (Å²) < 4.78 is 0. The van der Waals surface area contributed by atoms with Gasteiger partial charge in [0.1, 0.15) is 0 Å². The molecule has 0 aromatic rings. The average Bonchev–Trinajstić information content (AvgIpc) is 2.35. The fraction of sp³-hybridized carbons (Fsp3) is 0.833. The van der Waals surface area contributed by atoms with Gasteiger partial charge in [-0.15, -0.1) is 0 Å². The van der Waals surface area contributed by atoms with Crippen molar-refractivity contribution in [3.63, 3.8) is 0 Å². The van der Waals surface area contributed by atoms with E-state index >= 15 is 0 Å². The van der Waals surface area contributed by atoms with Crippen LogP contribution in [0.1, 0.15) is 33.1 Å². The molecule has 0 N–H and O–H groups in total. The van der Waals surface area contributed by atoms with E-state index in [1.807, 2.05) is 23.6 Å². The molecule has 16 heavy (non-hydrogen) atoms. The zero-order valence-electron chi connectivity index (χ0n) is 10.3. The quantitative estimate of drug-likeness (QED) is 0.674. The number of hydrogen-bond donors (Lipinski definition) is 0. The molecule has 0 aromatic heterocycles. The lowest BCUT2D eigenvalue weighted by atomic mass is 10.1. The molecule has 90 valence electrons. The molecule has 0 saturated carbocycles. The van der Waals surface area contributed by atoms with E-state index in [1.54, 1.807) is 0 Å². The molecule has 0 radical (unpaired) electrons. The van der Waals surface area contributed by atoms with Gasteiger partial charge in [-0.25, -0.2) is 0 Å². The third kappa shape index (κ3) is 3.21. The van der Waals surface area contributed by atoms with Crippen LogP contribution in [0.2, 0.25) is 0 Å². The van der Waals surface area contributed by atoms with Crippen molar-refractivity contribution in [2.24, 2.45) is 0 Å². The smallest absolute Gasteiger partial charge is 0.239 e. The Kier molecular flexibility index (Phi) is 5.27. The van der Waals surface area contributed by atoms with Crippen LogP contribution >= 0.6 is 0 Å². The van der Waals surface area contributed by atoms with Crippen LogP contribution in [0.5, 0.6) is 0 Å². The molecule has 0 aromatic carbocycles. The Morgan fingerprint density at radius 3 is 2.56 bits per heavy atom. The average molecular weight is 223 g/mol. The third-order valence-electron chi connectivity index (χ3n) is 3.25. The standard InChI is InChI=1S/C12H21N3O/c1-3-14(10-7-13)11(2)12(16)15-8-5-4-6-9-15/h11H,3-6,8-10H2,1-2H3. The van der Waals surface area contributed by atoms with Gasteiger partial charge >= 0.3 is 0 Å². The highest BCUT2D eigenvalue weighted by molar-refractivity contribution is 5.81. The second-order valence-electron chi connectivity index (χ2n) is 4.28. The number of nitrogens with zero attached hydrogens (tertiary/aromatic N) is 3. The van der Waals surface area contributed by atoms with Gasteiger partial charge in [-0.3, -0.25) is 9.69 Å². The fourth-order valence-electron chi connectivity index (χ4n) is 2.15. The Hall–Kier alpha value is -1.08. The first-order valence-electron chi connectivity index (χ1n) is 6.10. The minimum absolute atomic E-state index is 0.164. The van der Waals surface area contributed by atoms with Crippen molar-refractivity contribution in [1.29, 1.82) is 5.26 Å². The molecule has 0 spiro atoms. The monoisotopic (exact) mass is 223 g/mol. The number of piperidine rings is 1. The van der Waals surface area contributed by atoms with E-state index in [9.17, 15) is 4.79 Å². The maximum atomic E-state index is 12.1. The fourth-order valence-corrected chi connectivity index (χ4v) is 2.15. The number of hydrogen-bond acceptors (Lipinski definition) is 3. The number of carbonyl (C=O) groups is 1. The summed E-state index contributed by atoms with van der Waals surface area (Å²) in [6.07, 6.45) is 3.46. The highest BCUT2D eigenvalue weighted by Gasteiger charge is 2.25. The molecule has 1 fully saturated rings. The predicted octanol–water partition coefficient (Wildman–Crippen LogP) is 1.23. The number of likely N-dealkylation sites (N-methyl/N-ethyl adjacent to an activating group) is 1. The zero-order valence-corrected chi connectivity index (χ0v) is 10.3. The maximum absolute atomic E-state index is 12.1. The predicted molar refractivity (Wildman–Crippen MR) is 62.8 cm³/mol. The van der Waals surface area contributed by atoms with Gasteiger partial charge in [0.25, 0.3) is 0 Å². The summed E-state index contributed by atoms with van der Waals surface area (Å²) in [6.45, 7) is 6.72. The molecular weight excluding hydrogens is 202 g/mol. The molecule has 4 nitrogen and oxygen atoms in total. The van der Waals surface area contributed by atoms with Gasteiger partial charge in [0, 0.05) is 13.1 Å². The van der Waals surface area contributed by atoms with Crippen molar-refractivity contribution >= 4 is 5.91 Å². The van der Waals surface area contributed by atoms with Gasteiger partial charge < -0.3 is 4.90 Å². The Bertz CT molecular complexity index is 266. The van der Waals surface area contributed by atoms with E-state index in [0.29, 0.717) is 6.54 Å². The number of likely N-dealkylation sites (tertiary alicyclic amines) is 1. The molecule has 0 bridgehead atoms. The lowest BCUT2D eigenvalue weighted by Gasteiger charge is -2.33. The van der Waals surface area contributed by atoms with Crippen molar-refractivity contribution in [1.82, 2.24) is 9.80 Å². The van der Waals surface area contributed by atoms with E-state index in [-0.39, 0.29) is 11.9 Å². The SMILES string of the molecule is CCN(CC#N)C(C)C(=O)N1CCCCC1. The van der Waals surface area contributed by atoms with Crippen LogP contribution < -0.4 is 0 Å². The summed E-state index contributed by atoms with van der Waals surface area (Å²) in [5.41, 5.74) is 0. The van der Waals surface area contributed by atoms with Gasteiger partial charge in [-0.1, -0.05) is 6.92 Å². The summed E-state index contributed by atoms with van der Waals surface area (Å²) in [5, 5.41) is 8.69. The van der Waals surface area contributed by atoms with Crippen LogP contribution in [0.25, 0.3) is 0 Å². The normalized spacial score (nSPS) is 18.2. The molecule has 1 saturated heterocycles. The van der Waals surface area contributed by atoms with Crippen LogP contribution in [0.4, 0.5) is 0 Å². The van der Waals surface area contributed by atoms with Crippen molar-refractivity contribution in [2.45, 2.75) is 39.2 Å². The maximum Gasteiger partial charge on any atom is 0.239 e. The summed E-state index contributed by atoms with van der Waals surface area (Å²) in [4.78, 5) is 16.0. The molecule has 1 aliphatic rings. The summed E-state index contributed by atoms with van der Waals surface area (Å²) in [6, 6.07) is 1.95. The topological polar surface area (TPSA) is 47.3 Å². The van der Waals surface area contributed by atoms with Crippen LogP contribution in [0.3, 0.4) is 0 Å². The van der Waals surface area contributed by atoms with Crippen molar-refractivity contribution < 1.29 is 4.79 Å². The van der Waals surface area contributed by atoms with Crippen LogP contribution in [0, 0.1) is 11.3 Å². The zero-order chi connectivity index (χ0) is 12.0. The molecule has 4 heteroatoms. The second kappa shape index (κ2) is 6.49. The molecule has 0 aliphatic carbocycles. The van der Waals surface area contributed by atoms with Crippen LogP contribution in [-0.4, -0.2) is 47.9 Å². The number of carbonyl (C=O) groups excluding carboxylic acids is 1. The summed E-state index contributed by atoms with van der Waals surface area (Å²) >= 11 is 0. The van der Waals surface area contributed by atoms with Crippen molar-refractivity contribution in [3.8, 4) is 6.07 Å². The van der Waals surface area contributed by atoms with E-state index in [2.05, 4.69) is 6.07 Å². The lowest BCUT2D eigenvalue weighted by molar-refractivity contribution is -0.137. The number of amides is 1. The third-order valence-corrected chi connectivity index (χ3v) is 3.25. The second-order valence-corrected chi connectivity index (χ2v) is 4.28. The van der Waals surface area contributed by atoms with Crippen LogP contribution in [-0.2, 0) is 4.79 Å². The van der Waals surface area contributed by atoms with Crippen LogP contribution in [0.15, 0.2) is 0 Å². The van der Waals surface area contributed by atoms with Gasteiger partial charge in [-0.05, 0) is 32.7 Å². The van der Waals surface area contributed by atoms with Gasteiger partial charge in [0.15, 0.2) is 0 Å². The lowest BCUT2D eigenvalue weighted by Crippen LogP contribution is -2.48. The Morgan fingerprint density at radius 1 is 1.44 bits per heavy atom. The molecule has 1 rings (SSSR count). The highest BCUT2D eigenvalue weighted by atomic mass is 16.2. The minimum atomic E-state index is -0.164. The van der Waals surface area contributed by atoms with Gasteiger partial charge in [0.05, 0.1) is 18.7 Å². The van der Waals surface area contributed by atoms with E-state index in [4.69, 9.17) is 5.26 Å². The van der Waals surface area contributed by atoms with Crippen molar-refractivity contribution in [2.75, 3.05) is 26.2 Å². The number of rotatable bonds is 4. The number of nitriles is 1. The Labute approximate surface area is 97.8 Å². The van der Waals surface area contributed by atoms with E-state index < -0.39 is 0 Å². The first kappa shape index (κ1) is 13.0. The Morgan fingerprint density at radius 2 is 2.06 bits per heavy atom. The summed E-state index contributed by atoms with van der Waals surface area (Å²) in [7, 11) is 0. The van der Waals surface area contributed by atoms with E-state index in [0.717, 1.165) is 32.5 Å². The molecular formula is C12H21N3O. The highest BCUT2D eigenvalue weighted by Crippen LogP contribution is 2.12. The van der Waals surface area contributed by atoms with E-state index in [1.165, 1.54) is 6.42 Å².